The number of carboxylic acid groups (broad SMARTS) is 1. The lowest BCUT2D eigenvalue weighted by Gasteiger charge is -2.34. The van der Waals surface area contributed by atoms with Gasteiger partial charge in [-0.15, -0.1) is 0 Å². The zero-order valence-corrected chi connectivity index (χ0v) is 27.0. The number of nitrogens with zero attached hydrogens (tertiary/aromatic N) is 1. The van der Waals surface area contributed by atoms with Crippen LogP contribution in [0.15, 0.2) is 0 Å². The number of hydrogen-bond donors (Lipinski definition) is 3. The molecule has 0 aromatic carbocycles. The lowest BCUT2D eigenvalue weighted by Crippen LogP contribution is -2.55. The minimum absolute atomic E-state index is 0.0540. The van der Waals surface area contributed by atoms with Crippen LogP contribution in [0, 0.1) is 0 Å². The second kappa shape index (κ2) is 30.3. The lowest BCUT2D eigenvalue weighted by molar-refractivity contribution is -0.140. The molecule has 0 aliphatic rings. The summed E-state index contributed by atoms with van der Waals surface area (Å²) in [5, 5.41) is 16.6. The highest BCUT2D eigenvalue weighted by Gasteiger charge is 2.21. The molecular formula is C34H71N3O2. The van der Waals surface area contributed by atoms with Gasteiger partial charge >= 0.3 is 5.97 Å². The van der Waals surface area contributed by atoms with Gasteiger partial charge in [0.1, 0.15) is 0 Å². The first-order chi connectivity index (χ1) is 19.0. The average molecular weight is 554 g/mol. The molecule has 2 atom stereocenters. The number of unbranched alkanes of at least 4 members (excludes halogenated alkanes) is 22. The van der Waals surface area contributed by atoms with E-state index in [1.165, 1.54) is 154 Å². The minimum atomic E-state index is -0.756. The van der Waals surface area contributed by atoms with Gasteiger partial charge in [-0.05, 0) is 39.8 Å². The standard InChI is InChI=1S/C34H71N3O2/c1-5-7-9-11-13-15-17-19-21-23-25-27-29-35-32(3)37(31-34(38)39)33(4)36-30-28-26-24-22-20-18-16-14-12-10-8-6-2/h32-33,35-36H,5-31H2,1-4H3,(H,38,39). The number of nitrogens with one attached hydrogen (secondary N) is 2. The van der Waals surface area contributed by atoms with Crippen LogP contribution in [-0.2, 0) is 4.79 Å². The Morgan fingerprint density at radius 2 is 0.769 bits per heavy atom. The van der Waals surface area contributed by atoms with Crippen molar-refractivity contribution in [2.24, 2.45) is 0 Å². The van der Waals surface area contributed by atoms with Crippen LogP contribution in [0.1, 0.15) is 182 Å². The van der Waals surface area contributed by atoms with Crippen LogP contribution in [-0.4, -0.2) is 47.9 Å². The van der Waals surface area contributed by atoms with Gasteiger partial charge in [-0.3, -0.25) is 9.69 Å². The quantitative estimate of drug-likeness (QED) is 0.0571. The number of rotatable bonds is 32. The van der Waals surface area contributed by atoms with E-state index in [4.69, 9.17) is 0 Å². The Labute approximate surface area is 245 Å². The number of carboxylic acids is 1. The normalized spacial score (nSPS) is 13.3. The first kappa shape index (κ1) is 38.4. The van der Waals surface area contributed by atoms with E-state index in [0.717, 1.165) is 13.1 Å². The van der Waals surface area contributed by atoms with E-state index in [1.54, 1.807) is 0 Å². The highest BCUT2D eigenvalue weighted by molar-refractivity contribution is 5.69. The summed E-state index contributed by atoms with van der Waals surface area (Å²) < 4.78 is 0. The minimum Gasteiger partial charge on any atom is -0.480 e. The molecule has 0 amide bonds. The molecule has 0 saturated carbocycles. The molecule has 0 radical (unpaired) electrons. The second-order valence-corrected chi connectivity index (χ2v) is 12.1. The van der Waals surface area contributed by atoms with E-state index >= 15 is 0 Å². The molecule has 0 saturated heterocycles. The van der Waals surface area contributed by atoms with Gasteiger partial charge in [0.25, 0.3) is 0 Å². The van der Waals surface area contributed by atoms with Crippen molar-refractivity contribution in [3.05, 3.63) is 0 Å². The van der Waals surface area contributed by atoms with Gasteiger partial charge in [-0.25, -0.2) is 0 Å². The van der Waals surface area contributed by atoms with Crippen LogP contribution in [0.25, 0.3) is 0 Å². The number of aliphatic carboxylic acids is 1. The summed E-state index contributed by atoms with van der Waals surface area (Å²) in [5.74, 6) is -0.756. The first-order valence-electron chi connectivity index (χ1n) is 17.5. The Morgan fingerprint density at radius 3 is 1.03 bits per heavy atom. The number of hydrogen-bond acceptors (Lipinski definition) is 4. The summed E-state index contributed by atoms with van der Waals surface area (Å²) in [7, 11) is 0. The predicted molar refractivity (Wildman–Crippen MR) is 171 cm³/mol. The Kier molecular flexibility index (Phi) is 29.8. The molecule has 0 aromatic heterocycles. The van der Waals surface area contributed by atoms with Crippen molar-refractivity contribution in [3.63, 3.8) is 0 Å². The van der Waals surface area contributed by atoms with Gasteiger partial charge < -0.3 is 15.7 Å². The fraction of sp³-hybridized carbons (Fsp3) is 0.971. The Bertz CT molecular complexity index is 467. The maximum atomic E-state index is 11.5. The van der Waals surface area contributed by atoms with Crippen molar-refractivity contribution in [3.8, 4) is 0 Å². The molecular weight excluding hydrogens is 482 g/mol. The molecule has 0 aliphatic heterocycles. The fourth-order valence-electron chi connectivity index (χ4n) is 5.55. The van der Waals surface area contributed by atoms with E-state index in [9.17, 15) is 9.90 Å². The van der Waals surface area contributed by atoms with Gasteiger partial charge in [0.2, 0.25) is 0 Å². The van der Waals surface area contributed by atoms with Crippen molar-refractivity contribution in [2.75, 3.05) is 19.6 Å². The van der Waals surface area contributed by atoms with Gasteiger partial charge in [0.15, 0.2) is 0 Å². The maximum Gasteiger partial charge on any atom is 0.317 e. The van der Waals surface area contributed by atoms with Crippen molar-refractivity contribution < 1.29 is 9.90 Å². The molecule has 234 valence electrons. The highest BCUT2D eigenvalue weighted by atomic mass is 16.4. The monoisotopic (exact) mass is 554 g/mol. The van der Waals surface area contributed by atoms with Crippen molar-refractivity contribution in [2.45, 2.75) is 194 Å². The Hall–Kier alpha value is -0.650. The largest absolute Gasteiger partial charge is 0.480 e. The molecule has 3 N–H and O–H groups in total. The second-order valence-electron chi connectivity index (χ2n) is 12.1. The van der Waals surface area contributed by atoms with E-state index in [-0.39, 0.29) is 18.9 Å². The van der Waals surface area contributed by atoms with Gasteiger partial charge in [-0.2, -0.15) is 0 Å². The van der Waals surface area contributed by atoms with E-state index in [0.29, 0.717) is 0 Å². The zero-order valence-electron chi connectivity index (χ0n) is 27.0. The molecule has 0 aromatic rings. The molecule has 0 aliphatic carbocycles. The first-order valence-corrected chi connectivity index (χ1v) is 17.5. The molecule has 0 heterocycles. The molecule has 0 fully saturated rings. The Balaban J connectivity index is 3.80. The smallest absolute Gasteiger partial charge is 0.317 e. The molecule has 0 rings (SSSR count). The molecule has 5 heteroatoms. The fourth-order valence-corrected chi connectivity index (χ4v) is 5.55. The molecule has 2 unspecified atom stereocenters. The third-order valence-electron chi connectivity index (χ3n) is 8.25. The lowest BCUT2D eigenvalue weighted by atomic mass is 10.1. The van der Waals surface area contributed by atoms with Gasteiger partial charge in [0, 0.05) is 0 Å². The average Bonchev–Trinajstić information content (AvgIpc) is 2.92. The van der Waals surface area contributed by atoms with E-state index in [2.05, 4.69) is 38.3 Å². The summed E-state index contributed by atoms with van der Waals surface area (Å²) >= 11 is 0. The molecule has 0 bridgehead atoms. The van der Waals surface area contributed by atoms with Gasteiger partial charge in [0.05, 0.1) is 18.9 Å². The van der Waals surface area contributed by atoms with E-state index < -0.39 is 5.97 Å². The van der Waals surface area contributed by atoms with Crippen LogP contribution >= 0.6 is 0 Å². The van der Waals surface area contributed by atoms with Crippen LogP contribution in [0.5, 0.6) is 0 Å². The Morgan fingerprint density at radius 1 is 0.513 bits per heavy atom. The summed E-state index contributed by atoms with van der Waals surface area (Å²) in [4.78, 5) is 13.5. The third-order valence-corrected chi connectivity index (χ3v) is 8.25. The molecule has 0 spiro atoms. The van der Waals surface area contributed by atoms with Crippen molar-refractivity contribution >= 4 is 5.97 Å². The molecule has 5 nitrogen and oxygen atoms in total. The maximum absolute atomic E-state index is 11.5. The topological polar surface area (TPSA) is 64.6 Å². The van der Waals surface area contributed by atoms with Crippen LogP contribution in [0.3, 0.4) is 0 Å². The number of carbonyl (C=O) groups is 1. The summed E-state index contributed by atoms with van der Waals surface area (Å²) in [5.41, 5.74) is 0. The SMILES string of the molecule is CCCCCCCCCCCCCCNC(C)N(CC(=O)O)C(C)NCCCCCCCCCCCCCC. The summed E-state index contributed by atoms with van der Waals surface area (Å²) in [6.07, 6.45) is 32.7. The van der Waals surface area contributed by atoms with Crippen LogP contribution in [0.4, 0.5) is 0 Å². The summed E-state index contributed by atoms with van der Waals surface area (Å²) in [6.45, 7) is 10.7. The summed E-state index contributed by atoms with van der Waals surface area (Å²) in [6, 6.07) is 0. The van der Waals surface area contributed by atoms with Crippen molar-refractivity contribution in [1.29, 1.82) is 0 Å². The highest BCUT2D eigenvalue weighted by Crippen LogP contribution is 2.13. The third kappa shape index (κ3) is 27.3. The van der Waals surface area contributed by atoms with Crippen LogP contribution in [0.2, 0.25) is 0 Å². The zero-order chi connectivity index (χ0) is 28.8. The van der Waals surface area contributed by atoms with Gasteiger partial charge in [-0.1, -0.05) is 155 Å². The van der Waals surface area contributed by atoms with Crippen molar-refractivity contribution in [1.82, 2.24) is 15.5 Å². The van der Waals surface area contributed by atoms with Crippen LogP contribution < -0.4 is 10.6 Å². The predicted octanol–water partition coefficient (Wildman–Crippen LogP) is 9.65. The molecule has 39 heavy (non-hydrogen) atoms. The van der Waals surface area contributed by atoms with E-state index in [1.807, 2.05) is 4.90 Å².